The Balaban J connectivity index is 1.06. The summed E-state index contributed by atoms with van der Waals surface area (Å²) in [5.41, 5.74) is 2.62. The smallest absolute Gasteiger partial charge is 0.325 e. The number of hydrogen-bond donors (Lipinski definition) is 1. The molecule has 4 saturated carbocycles. The van der Waals surface area contributed by atoms with E-state index in [9.17, 15) is 14.4 Å². The quantitative estimate of drug-likeness (QED) is 0.639. The van der Waals surface area contributed by atoms with Gasteiger partial charge in [0.1, 0.15) is 6.54 Å². The Hall–Kier alpha value is -2.37. The summed E-state index contributed by atoms with van der Waals surface area (Å²) in [6.07, 6.45) is 11.1. The zero-order chi connectivity index (χ0) is 23.0. The molecule has 0 spiro atoms. The molecule has 1 N–H and O–H groups in total. The first-order valence-corrected chi connectivity index (χ1v) is 12.7. The van der Waals surface area contributed by atoms with Gasteiger partial charge in [-0.05, 0) is 92.1 Å². The molecule has 6 heteroatoms. The number of likely N-dealkylation sites (N-methyl/N-ethyl adjacent to an activating group) is 1. The maximum absolute atomic E-state index is 12.7. The number of aryl methyl sites for hydroxylation is 1. The molecule has 1 aromatic rings. The van der Waals surface area contributed by atoms with Gasteiger partial charge in [-0.1, -0.05) is 24.3 Å². The molecule has 5 aliphatic rings. The van der Waals surface area contributed by atoms with Gasteiger partial charge in [-0.2, -0.15) is 0 Å². The number of carbonyl (C=O) groups is 3. The molecule has 0 aliphatic heterocycles. The van der Waals surface area contributed by atoms with Gasteiger partial charge in [0.25, 0.3) is 5.91 Å². The number of nitrogens with zero attached hydrogens (tertiary/aromatic N) is 1. The van der Waals surface area contributed by atoms with Crippen molar-refractivity contribution in [1.29, 1.82) is 0 Å². The summed E-state index contributed by atoms with van der Waals surface area (Å²) < 4.78 is 5.20. The molecule has 178 valence electrons. The third-order valence-corrected chi connectivity index (χ3v) is 8.69. The Labute approximate surface area is 196 Å². The molecule has 4 fully saturated rings. The highest BCUT2D eigenvalue weighted by molar-refractivity contribution is 5.84. The van der Waals surface area contributed by atoms with Gasteiger partial charge in [-0.3, -0.25) is 14.4 Å². The summed E-state index contributed by atoms with van der Waals surface area (Å²) in [6.45, 7) is -0.465. The lowest BCUT2D eigenvalue weighted by Crippen LogP contribution is -2.48. The Bertz CT molecular complexity index is 891. The zero-order valence-corrected chi connectivity index (χ0v) is 19.7. The minimum absolute atomic E-state index is 0.0149. The third-order valence-electron chi connectivity index (χ3n) is 8.69. The number of amides is 2. The summed E-state index contributed by atoms with van der Waals surface area (Å²) in [5, 5.41) is 2.75. The predicted octanol–water partition coefficient (Wildman–Crippen LogP) is 3.79. The van der Waals surface area contributed by atoms with E-state index >= 15 is 0 Å². The molecule has 0 radical (unpaired) electrons. The number of nitrogens with one attached hydrogen (secondary N) is 1. The van der Waals surface area contributed by atoms with Crippen molar-refractivity contribution < 1.29 is 19.1 Å². The van der Waals surface area contributed by atoms with E-state index < -0.39 is 5.97 Å². The fraction of sp³-hybridized carbons (Fsp3) is 0.667. The van der Waals surface area contributed by atoms with Crippen molar-refractivity contribution >= 4 is 17.8 Å². The normalized spacial score (nSPS) is 31.5. The number of esters is 1. The first-order chi connectivity index (χ1) is 15.9. The van der Waals surface area contributed by atoms with Crippen LogP contribution in [-0.2, 0) is 25.5 Å². The molecule has 6 nitrogen and oxygen atoms in total. The van der Waals surface area contributed by atoms with Crippen LogP contribution in [0.15, 0.2) is 24.3 Å². The second kappa shape index (κ2) is 9.11. The van der Waals surface area contributed by atoms with Crippen molar-refractivity contribution in [2.24, 2.45) is 23.2 Å². The van der Waals surface area contributed by atoms with Crippen LogP contribution in [-0.4, -0.2) is 42.9 Å². The van der Waals surface area contributed by atoms with Crippen molar-refractivity contribution in [3.8, 4) is 0 Å². The minimum Gasteiger partial charge on any atom is -0.454 e. The maximum Gasteiger partial charge on any atom is 0.325 e. The van der Waals surface area contributed by atoms with E-state index in [2.05, 4.69) is 17.4 Å². The van der Waals surface area contributed by atoms with Crippen molar-refractivity contribution in [2.75, 3.05) is 20.2 Å². The van der Waals surface area contributed by atoms with Crippen LogP contribution in [0.25, 0.3) is 0 Å². The first-order valence-electron chi connectivity index (χ1n) is 12.7. The van der Waals surface area contributed by atoms with E-state index in [0.29, 0.717) is 6.42 Å². The van der Waals surface area contributed by atoms with Crippen LogP contribution in [0.5, 0.6) is 0 Å². The topological polar surface area (TPSA) is 75.7 Å². The van der Waals surface area contributed by atoms with E-state index in [0.717, 1.165) is 37.0 Å². The largest absolute Gasteiger partial charge is 0.454 e. The predicted molar refractivity (Wildman–Crippen MR) is 124 cm³/mol. The lowest BCUT2D eigenvalue weighted by Gasteiger charge is -2.56. The highest BCUT2D eigenvalue weighted by Crippen LogP contribution is 2.61. The van der Waals surface area contributed by atoms with Crippen molar-refractivity contribution in [2.45, 2.75) is 70.3 Å². The average molecular weight is 453 g/mol. The Morgan fingerprint density at radius 2 is 1.73 bits per heavy atom. The van der Waals surface area contributed by atoms with Gasteiger partial charge in [0.05, 0.1) is 6.04 Å². The highest BCUT2D eigenvalue weighted by Gasteiger charge is 2.51. The van der Waals surface area contributed by atoms with E-state index in [1.54, 1.807) is 11.9 Å². The molecule has 1 aromatic carbocycles. The van der Waals surface area contributed by atoms with Crippen LogP contribution in [0, 0.1) is 23.2 Å². The molecule has 2 amide bonds. The Kier molecular flexibility index (Phi) is 6.19. The number of benzene rings is 1. The lowest BCUT2D eigenvalue weighted by molar-refractivity contribution is -0.152. The van der Waals surface area contributed by atoms with Crippen LogP contribution >= 0.6 is 0 Å². The number of carbonyl (C=O) groups excluding carboxylic acids is 3. The molecule has 5 aliphatic carbocycles. The van der Waals surface area contributed by atoms with Gasteiger partial charge in [0.15, 0.2) is 6.61 Å². The van der Waals surface area contributed by atoms with Gasteiger partial charge in [-0.25, -0.2) is 0 Å². The van der Waals surface area contributed by atoms with Crippen LogP contribution in [0.3, 0.4) is 0 Å². The Morgan fingerprint density at radius 3 is 2.42 bits per heavy atom. The number of hydrogen-bond acceptors (Lipinski definition) is 4. The van der Waals surface area contributed by atoms with Gasteiger partial charge < -0.3 is 15.0 Å². The van der Waals surface area contributed by atoms with E-state index in [-0.39, 0.29) is 36.4 Å². The van der Waals surface area contributed by atoms with E-state index in [1.165, 1.54) is 49.7 Å². The summed E-state index contributed by atoms with van der Waals surface area (Å²) in [5.74, 6) is 1.57. The minimum atomic E-state index is -0.556. The number of rotatable bonds is 7. The number of fused-ring (bicyclic) bond motifs is 1. The Morgan fingerprint density at radius 1 is 1.06 bits per heavy atom. The molecule has 1 atom stereocenters. The van der Waals surface area contributed by atoms with E-state index in [1.807, 2.05) is 12.1 Å². The maximum atomic E-state index is 12.7. The van der Waals surface area contributed by atoms with Gasteiger partial charge in [0, 0.05) is 13.5 Å². The average Bonchev–Trinajstić information content (AvgIpc) is 2.79. The summed E-state index contributed by atoms with van der Waals surface area (Å²) in [7, 11) is 1.77. The zero-order valence-electron chi connectivity index (χ0n) is 19.7. The van der Waals surface area contributed by atoms with Gasteiger partial charge >= 0.3 is 5.97 Å². The molecule has 0 heterocycles. The van der Waals surface area contributed by atoms with Crippen molar-refractivity contribution in [3.63, 3.8) is 0 Å². The van der Waals surface area contributed by atoms with Crippen LogP contribution < -0.4 is 5.32 Å². The third kappa shape index (κ3) is 4.80. The SMILES string of the molecule is CN(C(=O)COC(=O)CNC(=O)CC12CC3CC(CC(C3)C1)C2)C1CCCc2ccccc21. The molecular weight excluding hydrogens is 416 g/mol. The molecule has 33 heavy (non-hydrogen) atoms. The van der Waals surface area contributed by atoms with Gasteiger partial charge in [0.2, 0.25) is 5.91 Å². The lowest BCUT2D eigenvalue weighted by atomic mass is 9.49. The molecule has 6 rings (SSSR count). The van der Waals surface area contributed by atoms with Crippen molar-refractivity contribution in [1.82, 2.24) is 10.2 Å². The second-order valence-electron chi connectivity index (χ2n) is 11.1. The van der Waals surface area contributed by atoms with Gasteiger partial charge in [-0.15, -0.1) is 0 Å². The van der Waals surface area contributed by atoms with Crippen LogP contribution in [0.2, 0.25) is 0 Å². The summed E-state index contributed by atoms with van der Waals surface area (Å²) in [6, 6.07) is 8.24. The van der Waals surface area contributed by atoms with Crippen molar-refractivity contribution in [3.05, 3.63) is 35.4 Å². The van der Waals surface area contributed by atoms with Crippen LogP contribution in [0.4, 0.5) is 0 Å². The molecule has 1 unspecified atom stereocenters. The van der Waals surface area contributed by atoms with E-state index in [4.69, 9.17) is 4.74 Å². The molecule has 0 aromatic heterocycles. The molecular formula is C27H36N2O4. The number of ether oxygens (including phenoxy) is 1. The summed E-state index contributed by atoms with van der Waals surface area (Å²) >= 11 is 0. The first kappa shape index (κ1) is 22.4. The highest BCUT2D eigenvalue weighted by atomic mass is 16.5. The fourth-order valence-corrected chi connectivity index (χ4v) is 7.68. The summed E-state index contributed by atoms with van der Waals surface area (Å²) in [4.78, 5) is 39.2. The second-order valence-corrected chi connectivity index (χ2v) is 11.1. The van der Waals surface area contributed by atoms with Crippen LogP contribution in [0.1, 0.15) is 75.0 Å². The monoisotopic (exact) mass is 452 g/mol. The fourth-order valence-electron chi connectivity index (χ4n) is 7.68. The standard InChI is InChI=1S/C27H36N2O4/c1-29(23-8-4-6-21-5-2-3-7-22(21)23)25(31)17-33-26(32)16-28-24(30)15-27-12-18-9-19(13-27)11-20(10-18)14-27/h2-3,5,7,18-20,23H,4,6,8-17H2,1H3,(H,28,30). The molecule has 0 saturated heterocycles. The molecule has 4 bridgehead atoms.